The van der Waals surface area contributed by atoms with Gasteiger partial charge in [0.2, 0.25) is 5.82 Å². The Morgan fingerprint density at radius 1 is 1.11 bits per heavy atom. The maximum absolute atomic E-state index is 4.97. The van der Waals surface area contributed by atoms with Crippen molar-refractivity contribution in [3.8, 4) is 11.1 Å². The Hall–Kier alpha value is -2.63. The lowest BCUT2D eigenvalue weighted by molar-refractivity contribution is -0.648. The van der Waals surface area contributed by atoms with Crippen LogP contribution in [0.5, 0.6) is 0 Å². The molecule has 0 unspecified atom stereocenters. The van der Waals surface area contributed by atoms with Crippen molar-refractivity contribution in [2.45, 2.75) is 40.5 Å². The van der Waals surface area contributed by atoms with Gasteiger partial charge in [-0.15, -0.1) is 0 Å². The standard InChI is InChI=1S/C22H33N6/c1-8-11-27(12-9-2)20-10-13-26(7)22-21(17(4)24-28(20)22)18-15-23-16(3)14-19(18)25(5)6/h10,13-15H,8-9,11-12H2,1-7H3/q+1. The maximum Gasteiger partial charge on any atom is 0.318 e. The Morgan fingerprint density at radius 3 is 2.39 bits per heavy atom. The fourth-order valence-electron chi connectivity index (χ4n) is 3.86. The molecule has 6 nitrogen and oxygen atoms in total. The van der Waals surface area contributed by atoms with Gasteiger partial charge in [0.25, 0.3) is 0 Å². The molecule has 0 radical (unpaired) electrons. The second-order valence-electron chi connectivity index (χ2n) is 7.70. The van der Waals surface area contributed by atoms with E-state index in [0.29, 0.717) is 0 Å². The number of nitrogens with zero attached hydrogens (tertiary/aromatic N) is 6. The number of rotatable bonds is 7. The average Bonchev–Trinajstić information content (AvgIpc) is 2.99. The molecule has 0 bridgehead atoms. The van der Waals surface area contributed by atoms with Crippen molar-refractivity contribution < 1.29 is 4.57 Å². The van der Waals surface area contributed by atoms with Crippen LogP contribution in [-0.4, -0.2) is 41.8 Å². The highest BCUT2D eigenvalue weighted by Crippen LogP contribution is 2.35. The lowest BCUT2D eigenvalue weighted by Gasteiger charge is -2.21. The fraction of sp³-hybridized carbons (Fsp3) is 0.500. The zero-order valence-electron chi connectivity index (χ0n) is 18.3. The summed E-state index contributed by atoms with van der Waals surface area (Å²) in [4.78, 5) is 9.17. The molecule has 0 N–H and O–H groups in total. The molecule has 0 aliphatic heterocycles. The summed E-state index contributed by atoms with van der Waals surface area (Å²) in [6.45, 7) is 10.6. The van der Waals surface area contributed by atoms with Crippen LogP contribution < -0.4 is 14.4 Å². The number of hydrogen-bond donors (Lipinski definition) is 0. The maximum atomic E-state index is 4.97. The van der Waals surface area contributed by atoms with Crippen LogP contribution in [0.1, 0.15) is 38.1 Å². The molecule has 0 fully saturated rings. The number of fused-ring (bicyclic) bond motifs is 1. The Balaban J connectivity index is 2.30. The molecule has 28 heavy (non-hydrogen) atoms. The zero-order valence-corrected chi connectivity index (χ0v) is 18.3. The quantitative estimate of drug-likeness (QED) is 0.587. The van der Waals surface area contributed by atoms with Crippen molar-refractivity contribution in [2.24, 2.45) is 7.05 Å². The number of pyridine rings is 1. The Kier molecular flexibility index (Phi) is 5.87. The smallest absolute Gasteiger partial charge is 0.318 e. The minimum atomic E-state index is 1.02. The number of anilines is 2. The predicted molar refractivity (Wildman–Crippen MR) is 116 cm³/mol. The highest BCUT2D eigenvalue weighted by molar-refractivity contribution is 5.87. The predicted octanol–water partition coefficient (Wildman–Crippen LogP) is 3.53. The van der Waals surface area contributed by atoms with Crippen LogP contribution >= 0.6 is 0 Å². The largest absolute Gasteiger partial charge is 0.377 e. The van der Waals surface area contributed by atoms with E-state index in [2.05, 4.69) is 84.1 Å². The number of aromatic nitrogens is 4. The van der Waals surface area contributed by atoms with Gasteiger partial charge in [-0.3, -0.25) is 4.98 Å². The molecule has 3 aromatic rings. The third-order valence-corrected chi connectivity index (χ3v) is 5.12. The minimum Gasteiger partial charge on any atom is -0.377 e. The second-order valence-corrected chi connectivity index (χ2v) is 7.70. The van der Waals surface area contributed by atoms with Gasteiger partial charge in [-0.2, -0.15) is 0 Å². The van der Waals surface area contributed by atoms with E-state index in [-0.39, 0.29) is 0 Å². The summed E-state index contributed by atoms with van der Waals surface area (Å²) >= 11 is 0. The zero-order chi connectivity index (χ0) is 20.4. The van der Waals surface area contributed by atoms with Gasteiger partial charge in [0.1, 0.15) is 5.56 Å². The number of aryl methyl sites for hydroxylation is 3. The van der Waals surface area contributed by atoms with Crippen molar-refractivity contribution in [3.63, 3.8) is 0 Å². The van der Waals surface area contributed by atoms with E-state index < -0.39 is 0 Å². The highest BCUT2D eigenvalue weighted by Gasteiger charge is 2.27. The molecule has 6 heteroatoms. The molecule has 0 saturated heterocycles. The van der Waals surface area contributed by atoms with Crippen molar-refractivity contribution in [2.75, 3.05) is 37.0 Å². The van der Waals surface area contributed by atoms with E-state index in [4.69, 9.17) is 5.10 Å². The van der Waals surface area contributed by atoms with Gasteiger partial charge in [-0.1, -0.05) is 23.5 Å². The van der Waals surface area contributed by atoms with Gasteiger partial charge >= 0.3 is 5.65 Å². The van der Waals surface area contributed by atoms with E-state index in [1.807, 2.05) is 13.1 Å². The molecule has 3 aromatic heterocycles. The van der Waals surface area contributed by atoms with E-state index >= 15 is 0 Å². The lowest BCUT2D eigenvalue weighted by atomic mass is 10.0. The summed E-state index contributed by atoms with van der Waals surface area (Å²) < 4.78 is 4.27. The van der Waals surface area contributed by atoms with Crippen LogP contribution in [0.3, 0.4) is 0 Å². The first-order valence-electron chi connectivity index (χ1n) is 10.2. The van der Waals surface area contributed by atoms with Crippen molar-refractivity contribution in [1.29, 1.82) is 0 Å². The third kappa shape index (κ3) is 3.55. The normalized spacial score (nSPS) is 11.2. The van der Waals surface area contributed by atoms with Crippen molar-refractivity contribution in [3.05, 3.63) is 35.9 Å². The first kappa shape index (κ1) is 20.1. The Labute approximate surface area is 168 Å². The molecule has 3 heterocycles. The summed E-state index contributed by atoms with van der Waals surface area (Å²) in [7, 11) is 6.24. The van der Waals surface area contributed by atoms with E-state index in [1.54, 1.807) is 0 Å². The third-order valence-electron chi connectivity index (χ3n) is 5.12. The molecule has 3 rings (SSSR count). The van der Waals surface area contributed by atoms with Gasteiger partial charge < -0.3 is 9.80 Å². The molecular formula is C22H33N6+. The molecule has 150 valence electrons. The molecule has 0 aliphatic carbocycles. The molecular weight excluding hydrogens is 348 g/mol. The average molecular weight is 382 g/mol. The van der Waals surface area contributed by atoms with Gasteiger partial charge in [0.05, 0.1) is 18.9 Å². The van der Waals surface area contributed by atoms with Crippen molar-refractivity contribution in [1.82, 2.24) is 14.6 Å². The van der Waals surface area contributed by atoms with Crippen molar-refractivity contribution >= 4 is 17.2 Å². The van der Waals surface area contributed by atoms with Crippen LogP contribution in [0.2, 0.25) is 0 Å². The Morgan fingerprint density at radius 2 is 1.79 bits per heavy atom. The first-order chi connectivity index (χ1) is 13.4. The van der Waals surface area contributed by atoms with Gasteiger partial charge in [0, 0.05) is 56.4 Å². The van der Waals surface area contributed by atoms with Gasteiger partial charge in [-0.05, 0) is 32.8 Å². The summed E-state index contributed by atoms with van der Waals surface area (Å²) in [5, 5.41) is 4.97. The Bertz CT molecular complexity index is 967. The number of hydrogen-bond acceptors (Lipinski definition) is 4. The minimum absolute atomic E-state index is 1.02. The van der Waals surface area contributed by atoms with Crippen LogP contribution in [0.4, 0.5) is 11.5 Å². The summed E-state index contributed by atoms with van der Waals surface area (Å²) in [6.07, 6.45) is 6.35. The van der Waals surface area contributed by atoms with E-state index in [9.17, 15) is 0 Å². The summed E-state index contributed by atoms with van der Waals surface area (Å²) in [5.41, 5.74) is 6.56. The van der Waals surface area contributed by atoms with Gasteiger partial charge in [-0.25, -0.2) is 4.57 Å². The van der Waals surface area contributed by atoms with Crippen LogP contribution in [0, 0.1) is 13.8 Å². The molecule has 0 aliphatic rings. The fourth-order valence-corrected chi connectivity index (χ4v) is 3.86. The summed E-state index contributed by atoms with van der Waals surface area (Å²) in [6, 6.07) is 4.32. The summed E-state index contributed by atoms with van der Waals surface area (Å²) in [5.74, 6) is 1.15. The van der Waals surface area contributed by atoms with E-state index in [1.165, 1.54) is 0 Å². The molecule has 0 amide bonds. The van der Waals surface area contributed by atoms with Crippen LogP contribution in [0.15, 0.2) is 24.5 Å². The van der Waals surface area contributed by atoms with E-state index in [0.717, 1.165) is 65.6 Å². The highest BCUT2D eigenvalue weighted by atomic mass is 15.4. The monoisotopic (exact) mass is 381 g/mol. The molecule has 0 saturated carbocycles. The SMILES string of the molecule is CCCN(CCC)c1cc[n+](C)c2c(-c3cnc(C)cc3N(C)C)c(C)nn12. The lowest BCUT2D eigenvalue weighted by Crippen LogP contribution is -2.34. The first-order valence-corrected chi connectivity index (χ1v) is 10.2. The second kappa shape index (κ2) is 8.17. The van der Waals surface area contributed by atoms with Crippen LogP contribution in [0.25, 0.3) is 16.8 Å². The van der Waals surface area contributed by atoms with Gasteiger partial charge in [0.15, 0.2) is 0 Å². The molecule has 0 atom stereocenters. The topological polar surface area (TPSA) is 40.5 Å². The van der Waals surface area contributed by atoms with Crippen LogP contribution in [-0.2, 0) is 7.05 Å². The molecule has 0 spiro atoms. The molecule has 0 aromatic carbocycles.